The largest absolute Gasteiger partial charge is 0.444 e. The van der Waals surface area contributed by atoms with Crippen LogP contribution in [0.5, 0.6) is 0 Å². The summed E-state index contributed by atoms with van der Waals surface area (Å²) in [6.07, 6.45) is 1.89. The number of hydrogen-bond acceptors (Lipinski definition) is 5. The van der Waals surface area contributed by atoms with Gasteiger partial charge in [0.2, 0.25) is 5.89 Å². The molecule has 0 unspecified atom stereocenters. The first kappa shape index (κ1) is 14.0. The van der Waals surface area contributed by atoms with Gasteiger partial charge in [-0.25, -0.2) is 15.0 Å². The second-order valence-electron chi connectivity index (χ2n) is 4.34. The fraction of sp³-hybridized carbons (Fsp3) is 0.462. The van der Waals surface area contributed by atoms with E-state index in [4.69, 9.17) is 4.42 Å². The molecule has 6 heteroatoms. The van der Waals surface area contributed by atoms with Gasteiger partial charge in [-0.05, 0) is 36.2 Å². The molecule has 0 spiro atoms. The summed E-state index contributed by atoms with van der Waals surface area (Å²) in [6, 6.07) is 1.85. The van der Waals surface area contributed by atoms with E-state index in [9.17, 15) is 0 Å². The topological polar surface area (TPSA) is 63.8 Å². The van der Waals surface area contributed by atoms with Crippen molar-refractivity contribution in [3.8, 4) is 0 Å². The molecule has 0 amide bonds. The van der Waals surface area contributed by atoms with Gasteiger partial charge in [-0.3, -0.25) is 0 Å². The number of nitrogens with one attached hydrogen (secondary N) is 1. The Bertz CT molecular complexity index is 548. The Morgan fingerprint density at radius 2 is 2.05 bits per heavy atom. The summed E-state index contributed by atoms with van der Waals surface area (Å²) in [6.45, 7) is 6.47. The van der Waals surface area contributed by atoms with E-state index in [2.05, 4.69) is 43.1 Å². The Hall–Kier alpha value is -1.43. The molecule has 2 rings (SSSR count). The van der Waals surface area contributed by atoms with Crippen LogP contribution in [0.15, 0.2) is 15.1 Å². The molecule has 2 aromatic rings. The molecule has 102 valence electrons. The molecule has 2 aromatic heterocycles. The maximum absolute atomic E-state index is 5.52. The highest BCUT2D eigenvalue weighted by Crippen LogP contribution is 2.15. The first-order valence-electron chi connectivity index (χ1n) is 6.28. The van der Waals surface area contributed by atoms with Crippen molar-refractivity contribution in [1.29, 1.82) is 0 Å². The zero-order valence-electron chi connectivity index (χ0n) is 11.3. The molecule has 0 aliphatic heterocycles. The van der Waals surface area contributed by atoms with Crippen LogP contribution >= 0.6 is 15.9 Å². The van der Waals surface area contributed by atoms with Gasteiger partial charge in [0.15, 0.2) is 0 Å². The standard InChI is InChI=1S/C13H17BrN4O/c1-4-5-11-17-10(14)6-12(18-11)15-7-13-16-8(2)9(3)19-13/h6H,4-5,7H2,1-3H3,(H,15,17,18). The quantitative estimate of drug-likeness (QED) is 0.854. The van der Waals surface area contributed by atoms with E-state index < -0.39 is 0 Å². The third-order valence-electron chi connectivity index (χ3n) is 2.71. The molecule has 0 bridgehead atoms. The minimum atomic E-state index is 0.518. The van der Waals surface area contributed by atoms with Crippen molar-refractivity contribution in [2.24, 2.45) is 0 Å². The molecule has 19 heavy (non-hydrogen) atoms. The van der Waals surface area contributed by atoms with E-state index in [1.54, 1.807) is 0 Å². The van der Waals surface area contributed by atoms with E-state index in [0.717, 1.165) is 40.5 Å². The van der Waals surface area contributed by atoms with Crippen molar-refractivity contribution in [3.63, 3.8) is 0 Å². The Balaban J connectivity index is 2.06. The van der Waals surface area contributed by atoms with E-state index in [0.29, 0.717) is 12.4 Å². The van der Waals surface area contributed by atoms with Gasteiger partial charge in [0, 0.05) is 12.5 Å². The Morgan fingerprint density at radius 1 is 1.26 bits per heavy atom. The Labute approximate surface area is 121 Å². The smallest absolute Gasteiger partial charge is 0.213 e. The average Bonchev–Trinajstić information content (AvgIpc) is 2.66. The fourth-order valence-electron chi connectivity index (χ4n) is 1.67. The summed E-state index contributed by atoms with van der Waals surface area (Å²) in [5, 5.41) is 3.20. The molecular formula is C13H17BrN4O. The summed E-state index contributed by atoms with van der Waals surface area (Å²) in [4.78, 5) is 13.1. The molecule has 0 aromatic carbocycles. The van der Waals surface area contributed by atoms with Crippen LogP contribution in [0.1, 0.15) is 36.5 Å². The number of aryl methyl sites for hydroxylation is 3. The van der Waals surface area contributed by atoms with Crippen molar-refractivity contribution in [2.75, 3.05) is 5.32 Å². The molecule has 0 aliphatic rings. The predicted octanol–water partition coefficient (Wildman–Crippen LogP) is 3.41. The Morgan fingerprint density at radius 3 is 2.68 bits per heavy atom. The molecule has 0 saturated heterocycles. The van der Waals surface area contributed by atoms with Crippen LogP contribution in [0.25, 0.3) is 0 Å². The molecule has 2 heterocycles. The van der Waals surface area contributed by atoms with E-state index in [1.807, 2.05) is 19.9 Å². The van der Waals surface area contributed by atoms with Crippen molar-refractivity contribution in [3.05, 3.63) is 33.8 Å². The van der Waals surface area contributed by atoms with Crippen LogP contribution in [-0.4, -0.2) is 15.0 Å². The summed E-state index contributed by atoms with van der Waals surface area (Å²) in [7, 11) is 0. The predicted molar refractivity (Wildman–Crippen MR) is 77.0 cm³/mol. The zero-order chi connectivity index (χ0) is 13.8. The summed E-state index contributed by atoms with van der Waals surface area (Å²) < 4.78 is 6.30. The minimum Gasteiger partial charge on any atom is -0.444 e. The van der Waals surface area contributed by atoms with Gasteiger partial charge in [0.05, 0.1) is 12.2 Å². The monoisotopic (exact) mass is 324 g/mol. The third-order valence-corrected chi connectivity index (χ3v) is 3.11. The highest BCUT2D eigenvalue weighted by molar-refractivity contribution is 9.10. The van der Waals surface area contributed by atoms with E-state index in [-0.39, 0.29) is 0 Å². The molecule has 1 N–H and O–H groups in total. The molecule has 0 aliphatic carbocycles. The van der Waals surface area contributed by atoms with Gasteiger partial charge in [0.1, 0.15) is 22.0 Å². The van der Waals surface area contributed by atoms with E-state index in [1.165, 1.54) is 0 Å². The number of hydrogen-bond donors (Lipinski definition) is 1. The number of halogens is 1. The number of rotatable bonds is 5. The lowest BCUT2D eigenvalue weighted by atomic mass is 10.3. The van der Waals surface area contributed by atoms with Gasteiger partial charge in [0.25, 0.3) is 0 Å². The number of oxazole rings is 1. The van der Waals surface area contributed by atoms with E-state index >= 15 is 0 Å². The van der Waals surface area contributed by atoms with Crippen molar-refractivity contribution in [1.82, 2.24) is 15.0 Å². The van der Waals surface area contributed by atoms with Gasteiger partial charge < -0.3 is 9.73 Å². The van der Waals surface area contributed by atoms with Gasteiger partial charge in [-0.1, -0.05) is 6.92 Å². The Kier molecular flexibility index (Phi) is 4.52. The van der Waals surface area contributed by atoms with Crippen LogP contribution in [0, 0.1) is 13.8 Å². The maximum Gasteiger partial charge on any atom is 0.213 e. The average molecular weight is 325 g/mol. The van der Waals surface area contributed by atoms with Crippen molar-refractivity contribution < 1.29 is 4.42 Å². The number of anilines is 1. The third kappa shape index (κ3) is 3.76. The van der Waals surface area contributed by atoms with Crippen molar-refractivity contribution in [2.45, 2.75) is 40.2 Å². The SMILES string of the molecule is CCCc1nc(Br)cc(NCc2nc(C)c(C)o2)n1. The molecule has 0 radical (unpaired) electrons. The van der Waals surface area contributed by atoms with Crippen LogP contribution in [-0.2, 0) is 13.0 Å². The summed E-state index contributed by atoms with van der Waals surface area (Å²) in [5.74, 6) is 3.13. The van der Waals surface area contributed by atoms with Crippen LogP contribution < -0.4 is 5.32 Å². The molecule has 0 saturated carbocycles. The zero-order valence-corrected chi connectivity index (χ0v) is 12.9. The maximum atomic E-state index is 5.52. The van der Waals surface area contributed by atoms with Gasteiger partial charge in [-0.2, -0.15) is 0 Å². The van der Waals surface area contributed by atoms with Crippen molar-refractivity contribution >= 4 is 21.7 Å². The highest BCUT2D eigenvalue weighted by atomic mass is 79.9. The molecule has 0 atom stereocenters. The highest BCUT2D eigenvalue weighted by Gasteiger charge is 2.07. The lowest BCUT2D eigenvalue weighted by molar-refractivity contribution is 0.478. The second-order valence-corrected chi connectivity index (χ2v) is 5.16. The molecular weight excluding hydrogens is 308 g/mol. The summed E-state index contributed by atoms with van der Waals surface area (Å²) >= 11 is 3.39. The fourth-order valence-corrected chi connectivity index (χ4v) is 2.09. The normalized spacial score (nSPS) is 10.7. The minimum absolute atomic E-state index is 0.518. The summed E-state index contributed by atoms with van der Waals surface area (Å²) in [5.41, 5.74) is 0.923. The molecule has 0 fully saturated rings. The second kappa shape index (κ2) is 6.14. The first-order chi connectivity index (χ1) is 9.08. The molecule has 5 nitrogen and oxygen atoms in total. The van der Waals surface area contributed by atoms with Gasteiger partial charge >= 0.3 is 0 Å². The van der Waals surface area contributed by atoms with Crippen LogP contribution in [0.2, 0.25) is 0 Å². The number of aromatic nitrogens is 3. The first-order valence-corrected chi connectivity index (χ1v) is 7.08. The van der Waals surface area contributed by atoms with Gasteiger partial charge in [-0.15, -0.1) is 0 Å². The number of nitrogens with zero attached hydrogens (tertiary/aromatic N) is 3. The van der Waals surface area contributed by atoms with Crippen LogP contribution in [0.4, 0.5) is 5.82 Å². The van der Waals surface area contributed by atoms with Crippen LogP contribution in [0.3, 0.4) is 0 Å². The lowest BCUT2D eigenvalue weighted by Crippen LogP contribution is -2.05. The lowest BCUT2D eigenvalue weighted by Gasteiger charge is -2.05.